The Kier molecular flexibility index (Phi) is 6.59. The van der Waals surface area contributed by atoms with Crippen molar-refractivity contribution in [3.63, 3.8) is 0 Å². The number of rotatable bonds is 6. The number of hydrogen-bond donors (Lipinski definition) is 1. The zero-order valence-electron chi connectivity index (χ0n) is 16.0. The lowest BCUT2D eigenvalue weighted by Gasteiger charge is -2.26. The van der Waals surface area contributed by atoms with E-state index >= 15 is 0 Å². The summed E-state index contributed by atoms with van der Waals surface area (Å²) in [7, 11) is 0. The van der Waals surface area contributed by atoms with Crippen LogP contribution in [0.1, 0.15) is 49.3 Å². The highest BCUT2D eigenvalue weighted by molar-refractivity contribution is 5.83. The number of amides is 1. The second-order valence-corrected chi connectivity index (χ2v) is 7.19. The molecule has 1 N–H and O–H groups in total. The van der Waals surface area contributed by atoms with Crippen LogP contribution in [-0.4, -0.2) is 16.9 Å². The number of nitrogens with zero attached hydrogens (tertiary/aromatic N) is 1. The van der Waals surface area contributed by atoms with Crippen LogP contribution in [-0.2, 0) is 11.0 Å². The maximum absolute atomic E-state index is 13.2. The minimum Gasteiger partial charge on any atom is -0.469 e. The number of carbonyl (C=O) groups is 1. The van der Waals surface area contributed by atoms with Crippen LogP contribution < -0.4 is 10.1 Å². The van der Waals surface area contributed by atoms with Gasteiger partial charge < -0.3 is 10.1 Å². The molecule has 2 aromatic carbocycles. The van der Waals surface area contributed by atoms with Gasteiger partial charge in [0.1, 0.15) is 0 Å². The van der Waals surface area contributed by atoms with Gasteiger partial charge in [0.25, 0.3) is 5.91 Å². The molecule has 1 aliphatic rings. The van der Waals surface area contributed by atoms with E-state index in [2.05, 4.69) is 5.32 Å². The monoisotopic (exact) mass is 422 g/mol. The van der Waals surface area contributed by atoms with Crippen molar-refractivity contribution in [3.8, 4) is 5.75 Å². The molecule has 6 nitrogen and oxygen atoms in total. The molecule has 9 heteroatoms. The first-order valence-corrected chi connectivity index (χ1v) is 9.63. The van der Waals surface area contributed by atoms with Crippen LogP contribution in [0, 0.1) is 10.1 Å². The maximum atomic E-state index is 13.2. The highest BCUT2D eigenvalue weighted by Gasteiger charge is 2.33. The lowest BCUT2D eigenvalue weighted by atomic mass is 9.95. The summed E-state index contributed by atoms with van der Waals surface area (Å²) in [6, 6.07) is 9.59. The van der Waals surface area contributed by atoms with Gasteiger partial charge in [-0.2, -0.15) is 13.2 Å². The van der Waals surface area contributed by atoms with Crippen molar-refractivity contribution < 1.29 is 27.6 Å². The number of halogens is 3. The van der Waals surface area contributed by atoms with Gasteiger partial charge in [-0.15, -0.1) is 0 Å². The highest BCUT2D eigenvalue weighted by atomic mass is 19.4. The molecule has 0 aliphatic heterocycles. The van der Waals surface area contributed by atoms with E-state index in [9.17, 15) is 28.1 Å². The molecule has 1 amide bonds. The van der Waals surface area contributed by atoms with Gasteiger partial charge >= 0.3 is 11.9 Å². The molecule has 2 aromatic rings. The Morgan fingerprint density at radius 3 is 2.47 bits per heavy atom. The summed E-state index contributed by atoms with van der Waals surface area (Å²) in [6.45, 7) is 0. The number of hydrogen-bond acceptors (Lipinski definition) is 4. The zero-order valence-corrected chi connectivity index (χ0v) is 16.0. The van der Waals surface area contributed by atoms with E-state index in [1.165, 1.54) is 36.4 Å². The summed E-state index contributed by atoms with van der Waals surface area (Å²) in [6.07, 6.45) is -1.56. The molecule has 0 radical (unpaired) electrons. The van der Waals surface area contributed by atoms with Gasteiger partial charge in [-0.3, -0.25) is 14.9 Å². The van der Waals surface area contributed by atoms with Crippen LogP contribution >= 0.6 is 0 Å². The Bertz CT molecular complexity index is 911. The predicted octanol–water partition coefficient (Wildman–Crippen LogP) is 5.18. The average Bonchev–Trinajstić information content (AvgIpc) is 2.72. The van der Waals surface area contributed by atoms with Crippen molar-refractivity contribution in [3.05, 3.63) is 69.8 Å². The molecule has 0 spiro atoms. The summed E-state index contributed by atoms with van der Waals surface area (Å²) in [5.74, 6) is -0.817. The fourth-order valence-electron chi connectivity index (χ4n) is 3.51. The van der Waals surface area contributed by atoms with Crippen LogP contribution in [0.15, 0.2) is 48.5 Å². The maximum Gasteiger partial charge on any atom is 0.416 e. The van der Waals surface area contributed by atoms with Crippen molar-refractivity contribution in [1.82, 2.24) is 5.32 Å². The molecule has 0 aromatic heterocycles. The molecule has 30 heavy (non-hydrogen) atoms. The summed E-state index contributed by atoms with van der Waals surface area (Å²) in [4.78, 5) is 23.6. The van der Waals surface area contributed by atoms with E-state index in [4.69, 9.17) is 4.74 Å². The molecule has 0 heterocycles. The van der Waals surface area contributed by atoms with Crippen LogP contribution in [0.2, 0.25) is 0 Å². The molecule has 1 aliphatic carbocycles. The standard InChI is InChI=1S/C21H21F3N2O4/c22-21(23,24)15-8-6-7-14(13-15)19(20(27)25-16-9-2-1-3-10-16)30-18-12-5-4-11-17(18)26(28)29/h4-8,11-13,16,19H,1-3,9-10H2,(H,25,27). The highest BCUT2D eigenvalue weighted by Crippen LogP contribution is 2.34. The van der Waals surface area contributed by atoms with E-state index in [1.807, 2.05) is 0 Å². The molecular formula is C21H21F3N2O4. The Morgan fingerprint density at radius 1 is 1.10 bits per heavy atom. The fourth-order valence-corrected chi connectivity index (χ4v) is 3.51. The van der Waals surface area contributed by atoms with E-state index in [0.29, 0.717) is 0 Å². The summed E-state index contributed by atoms with van der Waals surface area (Å²) in [5, 5.41) is 14.1. The lowest BCUT2D eigenvalue weighted by Crippen LogP contribution is -2.40. The molecule has 0 bridgehead atoms. The number of carbonyl (C=O) groups excluding carboxylic acids is 1. The van der Waals surface area contributed by atoms with Crippen LogP contribution in [0.5, 0.6) is 5.75 Å². The third kappa shape index (κ3) is 5.28. The van der Waals surface area contributed by atoms with Crippen LogP contribution in [0.3, 0.4) is 0 Å². The first kappa shape index (κ1) is 21.6. The van der Waals surface area contributed by atoms with Gasteiger partial charge in [-0.1, -0.05) is 43.5 Å². The zero-order chi connectivity index (χ0) is 21.7. The number of ether oxygens (including phenoxy) is 1. The number of nitro benzene ring substituents is 1. The predicted molar refractivity (Wildman–Crippen MR) is 103 cm³/mol. The topological polar surface area (TPSA) is 81.5 Å². The first-order chi connectivity index (χ1) is 14.3. The van der Waals surface area contributed by atoms with Gasteiger partial charge in [0.05, 0.1) is 10.5 Å². The smallest absolute Gasteiger partial charge is 0.416 e. The normalized spacial score (nSPS) is 16.0. The van der Waals surface area contributed by atoms with Crippen molar-refractivity contribution in [2.24, 2.45) is 0 Å². The molecular weight excluding hydrogens is 401 g/mol. The second kappa shape index (κ2) is 9.15. The van der Waals surface area contributed by atoms with Gasteiger partial charge in [0.15, 0.2) is 5.75 Å². The van der Waals surface area contributed by atoms with Crippen molar-refractivity contribution in [1.29, 1.82) is 0 Å². The molecule has 3 rings (SSSR count). The van der Waals surface area contributed by atoms with E-state index in [1.54, 1.807) is 0 Å². The Balaban J connectivity index is 1.94. The summed E-state index contributed by atoms with van der Waals surface area (Å²) in [5.41, 5.74) is -1.34. The Morgan fingerprint density at radius 2 is 1.80 bits per heavy atom. The molecule has 1 saturated carbocycles. The lowest BCUT2D eigenvalue weighted by molar-refractivity contribution is -0.386. The summed E-state index contributed by atoms with van der Waals surface area (Å²) >= 11 is 0. The van der Waals surface area contributed by atoms with Gasteiger partial charge in [-0.25, -0.2) is 0 Å². The van der Waals surface area contributed by atoms with Crippen molar-refractivity contribution in [2.45, 2.75) is 50.4 Å². The molecule has 1 atom stereocenters. The van der Waals surface area contributed by atoms with Gasteiger partial charge in [0, 0.05) is 17.7 Å². The Labute approximate surface area is 171 Å². The quantitative estimate of drug-likeness (QED) is 0.514. The third-order valence-corrected chi connectivity index (χ3v) is 5.01. The fraction of sp³-hybridized carbons (Fsp3) is 0.381. The minimum atomic E-state index is -4.60. The van der Waals surface area contributed by atoms with Crippen molar-refractivity contribution in [2.75, 3.05) is 0 Å². The van der Waals surface area contributed by atoms with Crippen molar-refractivity contribution >= 4 is 11.6 Å². The number of para-hydroxylation sites is 2. The molecule has 1 fully saturated rings. The second-order valence-electron chi connectivity index (χ2n) is 7.19. The Hall–Kier alpha value is -3.10. The van der Waals surface area contributed by atoms with E-state index < -0.39 is 28.7 Å². The molecule has 1 unspecified atom stereocenters. The third-order valence-electron chi connectivity index (χ3n) is 5.01. The van der Waals surface area contributed by atoms with E-state index in [0.717, 1.165) is 44.2 Å². The van der Waals surface area contributed by atoms with Crippen LogP contribution in [0.25, 0.3) is 0 Å². The first-order valence-electron chi connectivity index (χ1n) is 9.63. The average molecular weight is 422 g/mol. The number of alkyl halides is 3. The molecule has 160 valence electrons. The van der Waals surface area contributed by atoms with Gasteiger partial charge in [-0.05, 0) is 31.0 Å². The summed E-state index contributed by atoms with van der Waals surface area (Å²) < 4.78 is 45.2. The van der Waals surface area contributed by atoms with Crippen LogP contribution in [0.4, 0.5) is 18.9 Å². The number of nitrogens with one attached hydrogen (secondary N) is 1. The largest absolute Gasteiger partial charge is 0.469 e. The molecule has 0 saturated heterocycles. The van der Waals surface area contributed by atoms with E-state index in [-0.39, 0.29) is 23.0 Å². The van der Waals surface area contributed by atoms with Gasteiger partial charge in [0.2, 0.25) is 6.10 Å². The number of benzene rings is 2. The minimum absolute atomic E-state index is 0.0312. The SMILES string of the molecule is O=C(NC1CCCCC1)C(Oc1ccccc1[N+](=O)[O-])c1cccc(C(F)(F)F)c1. The number of nitro groups is 1.